The number of sulfonamides is 1. The average Bonchev–Trinajstić information content (AvgIpc) is 3.07. The highest BCUT2D eigenvalue weighted by Crippen LogP contribution is 2.25. The fourth-order valence-electron chi connectivity index (χ4n) is 2.27. The van der Waals surface area contributed by atoms with Gasteiger partial charge in [-0.15, -0.1) is 0 Å². The van der Waals surface area contributed by atoms with Crippen LogP contribution in [0.2, 0.25) is 0 Å². The Bertz CT molecular complexity index is 580. The molecule has 1 fully saturated rings. The minimum Gasteiger partial charge on any atom is -0.465 e. The second kappa shape index (κ2) is 5.94. The zero-order valence-corrected chi connectivity index (χ0v) is 12.3. The molecule has 7 nitrogen and oxygen atoms in total. The van der Waals surface area contributed by atoms with Crippen molar-refractivity contribution in [2.24, 2.45) is 5.92 Å². The Morgan fingerprint density at radius 3 is 3.00 bits per heavy atom. The van der Waals surface area contributed by atoms with Gasteiger partial charge in [-0.05, 0) is 25.9 Å². The van der Waals surface area contributed by atoms with E-state index in [4.69, 9.17) is 4.42 Å². The van der Waals surface area contributed by atoms with Crippen molar-refractivity contribution in [1.29, 1.82) is 0 Å². The van der Waals surface area contributed by atoms with Crippen molar-refractivity contribution in [3.05, 3.63) is 17.9 Å². The molecule has 20 heavy (non-hydrogen) atoms. The summed E-state index contributed by atoms with van der Waals surface area (Å²) in [6.45, 7) is 1.69. The molecule has 0 aromatic carbocycles. The predicted molar refractivity (Wildman–Crippen MR) is 70.8 cm³/mol. The lowest BCUT2D eigenvalue weighted by Crippen LogP contribution is -2.30. The molecular weight excluding hydrogens is 284 g/mol. The van der Waals surface area contributed by atoms with Gasteiger partial charge >= 0.3 is 5.97 Å². The lowest BCUT2D eigenvalue weighted by molar-refractivity contribution is 0.0600. The maximum absolute atomic E-state index is 12.4. The summed E-state index contributed by atoms with van der Waals surface area (Å²) in [5, 5.41) is 2.82. The Balaban J connectivity index is 2.15. The van der Waals surface area contributed by atoms with Crippen molar-refractivity contribution in [2.75, 3.05) is 33.8 Å². The summed E-state index contributed by atoms with van der Waals surface area (Å²) in [5.74, 6) is -0.325. The molecule has 1 aromatic heterocycles. The van der Waals surface area contributed by atoms with Crippen LogP contribution in [0.15, 0.2) is 21.8 Å². The number of furan rings is 1. The zero-order valence-electron chi connectivity index (χ0n) is 11.5. The van der Waals surface area contributed by atoms with Gasteiger partial charge in [-0.1, -0.05) is 0 Å². The number of ether oxygens (including phenoxy) is 1. The van der Waals surface area contributed by atoms with Crippen LogP contribution in [0.25, 0.3) is 0 Å². The molecule has 0 radical (unpaired) electrons. The predicted octanol–water partition coefficient (Wildman–Crippen LogP) is 0.296. The SMILES string of the molecule is CNCC1CCN(S(=O)(=O)c2cc(C(=O)OC)co2)C1. The van der Waals surface area contributed by atoms with Gasteiger partial charge in [0, 0.05) is 19.2 Å². The molecule has 112 valence electrons. The Labute approximate surface area is 117 Å². The van der Waals surface area contributed by atoms with Gasteiger partial charge in [0.1, 0.15) is 6.26 Å². The summed E-state index contributed by atoms with van der Waals surface area (Å²) in [7, 11) is -0.612. The summed E-state index contributed by atoms with van der Waals surface area (Å²) in [4.78, 5) is 11.3. The number of carbonyl (C=O) groups excluding carboxylic acids is 1. The van der Waals surface area contributed by atoms with Crippen molar-refractivity contribution < 1.29 is 22.4 Å². The van der Waals surface area contributed by atoms with Crippen LogP contribution >= 0.6 is 0 Å². The first kappa shape index (κ1) is 15.0. The second-order valence-corrected chi connectivity index (χ2v) is 6.59. The van der Waals surface area contributed by atoms with E-state index in [9.17, 15) is 13.2 Å². The maximum atomic E-state index is 12.4. The smallest absolute Gasteiger partial charge is 0.341 e. The Hall–Kier alpha value is -1.38. The third kappa shape index (κ3) is 2.87. The van der Waals surface area contributed by atoms with E-state index in [2.05, 4.69) is 10.1 Å². The molecule has 0 bridgehead atoms. The molecule has 1 unspecified atom stereocenters. The molecule has 1 aliphatic heterocycles. The standard InChI is InChI=1S/C12H18N2O5S/c1-13-6-9-3-4-14(7-9)20(16,17)11-5-10(8-19-11)12(15)18-2/h5,8-9,13H,3-4,6-7H2,1-2H3. The van der Waals surface area contributed by atoms with E-state index >= 15 is 0 Å². The van der Waals surface area contributed by atoms with Gasteiger partial charge in [0.15, 0.2) is 0 Å². The van der Waals surface area contributed by atoms with Crippen LogP contribution in [0.4, 0.5) is 0 Å². The highest BCUT2D eigenvalue weighted by Gasteiger charge is 2.34. The molecule has 0 saturated carbocycles. The van der Waals surface area contributed by atoms with E-state index < -0.39 is 16.0 Å². The fraction of sp³-hybridized carbons (Fsp3) is 0.583. The first-order valence-electron chi connectivity index (χ1n) is 6.30. The van der Waals surface area contributed by atoms with Gasteiger partial charge in [0.2, 0.25) is 5.09 Å². The summed E-state index contributed by atoms with van der Waals surface area (Å²) in [6, 6.07) is 1.20. The number of nitrogens with zero attached hydrogens (tertiary/aromatic N) is 1. The number of rotatable bonds is 5. The third-order valence-corrected chi connectivity index (χ3v) is 5.07. The molecule has 2 rings (SSSR count). The fourth-order valence-corrected chi connectivity index (χ4v) is 3.73. The quantitative estimate of drug-likeness (QED) is 0.787. The van der Waals surface area contributed by atoms with Crippen molar-refractivity contribution in [3.63, 3.8) is 0 Å². The number of esters is 1. The van der Waals surface area contributed by atoms with Crippen molar-refractivity contribution >= 4 is 16.0 Å². The van der Waals surface area contributed by atoms with Crippen LogP contribution in [0.3, 0.4) is 0 Å². The molecule has 0 amide bonds. The summed E-state index contributed by atoms with van der Waals surface area (Å²) in [5.41, 5.74) is 0.0945. The molecular formula is C12H18N2O5S. The van der Waals surface area contributed by atoms with E-state index in [1.807, 2.05) is 7.05 Å². The van der Waals surface area contributed by atoms with Crippen molar-refractivity contribution in [3.8, 4) is 0 Å². The van der Waals surface area contributed by atoms with Gasteiger partial charge < -0.3 is 14.5 Å². The Morgan fingerprint density at radius 1 is 1.60 bits per heavy atom. The Morgan fingerprint density at radius 2 is 2.35 bits per heavy atom. The van der Waals surface area contributed by atoms with E-state index in [1.54, 1.807) is 0 Å². The number of nitrogens with one attached hydrogen (secondary N) is 1. The second-order valence-electron chi connectivity index (χ2n) is 4.72. The topological polar surface area (TPSA) is 88.9 Å². The van der Waals surface area contributed by atoms with Crippen molar-refractivity contribution in [2.45, 2.75) is 11.5 Å². The first-order chi connectivity index (χ1) is 9.48. The minimum absolute atomic E-state index is 0.0945. The number of hydrogen-bond donors (Lipinski definition) is 1. The molecule has 0 spiro atoms. The van der Waals surface area contributed by atoms with Gasteiger partial charge in [0.05, 0.1) is 12.7 Å². The molecule has 1 N–H and O–H groups in total. The lowest BCUT2D eigenvalue weighted by atomic mass is 10.1. The van der Waals surface area contributed by atoms with Crippen LogP contribution in [0, 0.1) is 5.92 Å². The molecule has 2 heterocycles. The molecule has 1 saturated heterocycles. The van der Waals surface area contributed by atoms with E-state index in [-0.39, 0.29) is 10.7 Å². The Kier molecular flexibility index (Phi) is 4.46. The third-order valence-electron chi connectivity index (χ3n) is 3.33. The van der Waals surface area contributed by atoms with Crippen molar-refractivity contribution in [1.82, 2.24) is 9.62 Å². The normalized spacial score (nSPS) is 20.2. The summed E-state index contributed by atoms with van der Waals surface area (Å²) in [6.07, 6.45) is 1.91. The van der Waals surface area contributed by atoms with Crippen LogP contribution in [0.1, 0.15) is 16.8 Å². The molecule has 8 heteroatoms. The van der Waals surface area contributed by atoms with E-state index in [1.165, 1.54) is 17.5 Å². The van der Waals surface area contributed by atoms with E-state index in [0.717, 1.165) is 19.2 Å². The zero-order chi connectivity index (χ0) is 14.8. The molecule has 1 atom stereocenters. The maximum Gasteiger partial charge on any atom is 0.341 e. The molecule has 1 aliphatic rings. The monoisotopic (exact) mass is 302 g/mol. The van der Waals surface area contributed by atoms with Gasteiger partial charge in [0.25, 0.3) is 10.0 Å². The van der Waals surface area contributed by atoms with Crippen LogP contribution in [-0.4, -0.2) is 52.5 Å². The number of methoxy groups -OCH3 is 1. The summed E-state index contributed by atoms with van der Waals surface area (Å²) >= 11 is 0. The van der Waals surface area contributed by atoms with Gasteiger partial charge in [-0.3, -0.25) is 0 Å². The van der Waals surface area contributed by atoms with Crippen LogP contribution < -0.4 is 5.32 Å². The largest absolute Gasteiger partial charge is 0.465 e. The van der Waals surface area contributed by atoms with Crippen LogP contribution in [-0.2, 0) is 14.8 Å². The highest BCUT2D eigenvalue weighted by molar-refractivity contribution is 7.89. The lowest BCUT2D eigenvalue weighted by Gasteiger charge is -2.14. The number of carbonyl (C=O) groups is 1. The molecule has 0 aliphatic carbocycles. The molecule has 1 aromatic rings. The number of hydrogen-bond acceptors (Lipinski definition) is 6. The highest BCUT2D eigenvalue weighted by atomic mass is 32.2. The van der Waals surface area contributed by atoms with Gasteiger partial charge in [-0.2, -0.15) is 4.31 Å². The van der Waals surface area contributed by atoms with Gasteiger partial charge in [-0.25, -0.2) is 13.2 Å². The van der Waals surface area contributed by atoms with Crippen LogP contribution in [0.5, 0.6) is 0 Å². The van der Waals surface area contributed by atoms with E-state index in [0.29, 0.717) is 19.0 Å². The summed E-state index contributed by atoms with van der Waals surface area (Å²) < 4.78 is 35.7. The first-order valence-corrected chi connectivity index (χ1v) is 7.74. The minimum atomic E-state index is -3.68. The average molecular weight is 302 g/mol.